The van der Waals surface area contributed by atoms with Crippen LogP contribution >= 0.6 is 0 Å². The second-order valence-corrected chi connectivity index (χ2v) is 5.49. The highest BCUT2D eigenvalue weighted by atomic mass is 16.2. The maximum absolute atomic E-state index is 12.2. The minimum absolute atomic E-state index is 0.0718. The predicted octanol–water partition coefficient (Wildman–Crippen LogP) is 3.65. The fourth-order valence-corrected chi connectivity index (χ4v) is 2.25. The fraction of sp³-hybridized carbons (Fsp3) is 0.867. The van der Waals surface area contributed by atoms with Gasteiger partial charge in [0.05, 0.1) is 6.07 Å². The Hall–Kier alpha value is -1.04. The quantitative estimate of drug-likeness (QED) is 0.637. The van der Waals surface area contributed by atoms with Crippen LogP contribution in [-0.4, -0.2) is 12.5 Å². The molecule has 0 saturated heterocycles. The van der Waals surface area contributed by atoms with Crippen molar-refractivity contribution in [3.8, 4) is 6.07 Å². The molecule has 1 amide bonds. The van der Waals surface area contributed by atoms with Crippen molar-refractivity contribution in [3.05, 3.63) is 0 Å². The first-order valence-electron chi connectivity index (χ1n) is 7.22. The molecule has 18 heavy (non-hydrogen) atoms. The summed E-state index contributed by atoms with van der Waals surface area (Å²) in [6.45, 7) is 9.08. The van der Waals surface area contributed by atoms with Gasteiger partial charge in [-0.1, -0.05) is 40.5 Å². The molecule has 0 heterocycles. The lowest BCUT2D eigenvalue weighted by Crippen LogP contribution is -2.40. The number of hydrogen-bond acceptors (Lipinski definition) is 2. The van der Waals surface area contributed by atoms with E-state index in [-0.39, 0.29) is 5.91 Å². The molecule has 0 saturated carbocycles. The fourth-order valence-electron chi connectivity index (χ4n) is 2.25. The van der Waals surface area contributed by atoms with Gasteiger partial charge in [-0.15, -0.1) is 0 Å². The van der Waals surface area contributed by atoms with Crippen molar-refractivity contribution in [2.24, 2.45) is 11.3 Å². The third-order valence-electron chi connectivity index (χ3n) is 3.25. The van der Waals surface area contributed by atoms with E-state index in [0.29, 0.717) is 25.3 Å². The Bertz CT molecular complexity index is 273. The van der Waals surface area contributed by atoms with Gasteiger partial charge in [-0.2, -0.15) is 5.26 Å². The number of nitrogens with one attached hydrogen (secondary N) is 1. The van der Waals surface area contributed by atoms with E-state index in [1.807, 2.05) is 13.8 Å². The summed E-state index contributed by atoms with van der Waals surface area (Å²) in [6, 6.07) is 2.25. The zero-order valence-electron chi connectivity index (χ0n) is 12.4. The number of carbonyl (C=O) groups excluding carboxylic acids is 1. The molecule has 0 fully saturated rings. The van der Waals surface area contributed by atoms with E-state index in [4.69, 9.17) is 0 Å². The van der Waals surface area contributed by atoms with E-state index in [9.17, 15) is 10.1 Å². The normalized spacial score (nSPS) is 11.3. The molecule has 0 aliphatic heterocycles. The van der Waals surface area contributed by atoms with Gasteiger partial charge >= 0.3 is 0 Å². The van der Waals surface area contributed by atoms with Crippen LogP contribution in [0.2, 0.25) is 0 Å². The second kappa shape index (κ2) is 8.97. The number of rotatable bonds is 9. The molecule has 0 rings (SSSR count). The molecule has 0 atom stereocenters. The lowest BCUT2D eigenvalue weighted by Gasteiger charge is -2.24. The summed E-state index contributed by atoms with van der Waals surface area (Å²) in [4.78, 5) is 12.2. The number of amides is 1. The van der Waals surface area contributed by atoms with Crippen LogP contribution in [0.4, 0.5) is 0 Å². The maximum Gasteiger partial charge on any atom is 0.240 e. The molecule has 3 heteroatoms. The minimum atomic E-state index is -0.804. The number of hydrogen-bond donors (Lipinski definition) is 1. The monoisotopic (exact) mass is 252 g/mol. The van der Waals surface area contributed by atoms with E-state index in [1.54, 1.807) is 0 Å². The zero-order valence-corrected chi connectivity index (χ0v) is 12.4. The lowest BCUT2D eigenvalue weighted by molar-refractivity contribution is -0.128. The average Bonchev–Trinajstić information content (AvgIpc) is 2.33. The smallest absolute Gasteiger partial charge is 0.240 e. The summed E-state index contributed by atoms with van der Waals surface area (Å²) in [7, 11) is 0. The highest BCUT2D eigenvalue weighted by Gasteiger charge is 2.36. The van der Waals surface area contributed by atoms with E-state index in [2.05, 4.69) is 25.2 Å². The van der Waals surface area contributed by atoms with Gasteiger partial charge < -0.3 is 5.32 Å². The molecule has 0 aliphatic rings. The Kier molecular flexibility index (Phi) is 8.45. The highest BCUT2D eigenvalue weighted by Crippen LogP contribution is 2.29. The third kappa shape index (κ3) is 5.53. The van der Waals surface area contributed by atoms with E-state index >= 15 is 0 Å². The highest BCUT2D eigenvalue weighted by molar-refractivity contribution is 5.85. The predicted molar refractivity (Wildman–Crippen MR) is 74.9 cm³/mol. The van der Waals surface area contributed by atoms with Crippen molar-refractivity contribution in [1.82, 2.24) is 5.32 Å². The van der Waals surface area contributed by atoms with Crippen molar-refractivity contribution in [2.75, 3.05) is 6.54 Å². The lowest BCUT2D eigenvalue weighted by atomic mass is 9.80. The summed E-state index contributed by atoms with van der Waals surface area (Å²) < 4.78 is 0. The van der Waals surface area contributed by atoms with Gasteiger partial charge in [-0.25, -0.2) is 0 Å². The Balaban J connectivity index is 4.34. The first-order valence-corrected chi connectivity index (χ1v) is 7.22. The molecule has 0 aromatic heterocycles. The van der Waals surface area contributed by atoms with Gasteiger partial charge in [-0.3, -0.25) is 4.79 Å². The van der Waals surface area contributed by atoms with Gasteiger partial charge in [0, 0.05) is 6.54 Å². The molecule has 0 radical (unpaired) electrons. The Labute approximate surface area is 112 Å². The standard InChI is InChI=1S/C15H28N2O/c1-5-9-15(12-16,10-6-2)14(18)17-11-7-8-13(3)4/h13H,5-11H2,1-4H3,(H,17,18). The van der Waals surface area contributed by atoms with E-state index in [0.717, 1.165) is 25.7 Å². The second-order valence-electron chi connectivity index (χ2n) is 5.49. The van der Waals surface area contributed by atoms with Crippen LogP contribution < -0.4 is 5.32 Å². The van der Waals surface area contributed by atoms with Crippen LogP contribution in [0.3, 0.4) is 0 Å². The van der Waals surface area contributed by atoms with Crippen LogP contribution in [0.5, 0.6) is 0 Å². The van der Waals surface area contributed by atoms with Crippen molar-refractivity contribution < 1.29 is 4.79 Å². The minimum Gasteiger partial charge on any atom is -0.355 e. The van der Waals surface area contributed by atoms with E-state index < -0.39 is 5.41 Å². The molecule has 104 valence electrons. The maximum atomic E-state index is 12.2. The van der Waals surface area contributed by atoms with Gasteiger partial charge in [0.2, 0.25) is 5.91 Å². The topological polar surface area (TPSA) is 52.9 Å². The first-order chi connectivity index (χ1) is 8.52. The summed E-state index contributed by atoms with van der Waals surface area (Å²) in [5.74, 6) is 0.589. The average molecular weight is 252 g/mol. The SMILES string of the molecule is CCCC(C#N)(CCC)C(=O)NCCCC(C)C. The zero-order chi connectivity index (χ0) is 14.0. The molecule has 1 N–H and O–H groups in total. The number of nitrogens with zero attached hydrogens (tertiary/aromatic N) is 1. The number of carbonyl (C=O) groups is 1. The molecule has 0 aliphatic carbocycles. The molecule has 0 bridgehead atoms. The molecule has 3 nitrogen and oxygen atoms in total. The van der Waals surface area contributed by atoms with Crippen molar-refractivity contribution in [3.63, 3.8) is 0 Å². The van der Waals surface area contributed by atoms with Crippen LogP contribution in [0, 0.1) is 22.7 Å². The van der Waals surface area contributed by atoms with Crippen LogP contribution in [0.1, 0.15) is 66.2 Å². The summed E-state index contributed by atoms with van der Waals surface area (Å²) in [6.07, 6.45) is 5.16. The Morgan fingerprint density at radius 1 is 1.28 bits per heavy atom. The Morgan fingerprint density at radius 3 is 2.22 bits per heavy atom. The van der Waals surface area contributed by atoms with E-state index in [1.165, 1.54) is 0 Å². The third-order valence-corrected chi connectivity index (χ3v) is 3.25. The largest absolute Gasteiger partial charge is 0.355 e. The van der Waals surface area contributed by atoms with Crippen LogP contribution in [-0.2, 0) is 4.79 Å². The summed E-state index contributed by atoms with van der Waals surface area (Å²) in [5, 5.41) is 12.3. The summed E-state index contributed by atoms with van der Waals surface area (Å²) >= 11 is 0. The Morgan fingerprint density at radius 2 is 1.83 bits per heavy atom. The van der Waals surface area contributed by atoms with Crippen molar-refractivity contribution >= 4 is 5.91 Å². The van der Waals surface area contributed by atoms with Gasteiger partial charge in [0.1, 0.15) is 5.41 Å². The molecular formula is C15H28N2O. The molecule has 0 unspecified atom stereocenters. The van der Waals surface area contributed by atoms with Crippen LogP contribution in [0.25, 0.3) is 0 Å². The molecule has 0 aromatic rings. The van der Waals surface area contributed by atoms with Crippen molar-refractivity contribution in [2.45, 2.75) is 66.2 Å². The first kappa shape index (κ1) is 17.0. The molecular weight excluding hydrogens is 224 g/mol. The molecule has 0 aromatic carbocycles. The van der Waals surface area contributed by atoms with Crippen molar-refractivity contribution in [1.29, 1.82) is 5.26 Å². The summed E-state index contributed by atoms with van der Waals surface area (Å²) in [5.41, 5.74) is -0.804. The van der Waals surface area contributed by atoms with Gasteiger partial charge in [0.15, 0.2) is 0 Å². The number of nitriles is 1. The van der Waals surface area contributed by atoms with Gasteiger partial charge in [-0.05, 0) is 31.6 Å². The van der Waals surface area contributed by atoms with Crippen LogP contribution in [0.15, 0.2) is 0 Å². The molecule has 0 spiro atoms. The van der Waals surface area contributed by atoms with Gasteiger partial charge in [0.25, 0.3) is 0 Å².